The maximum absolute atomic E-state index is 5.88. The summed E-state index contributed by atoms with van der Waals surface area (Å²) in [6.07, 6.45) is 0. The number of aromatic nitrogens is 1. The summed E-state index contributed by atoms with van der Waals surface area (Å²) in [5.41, 5.74) is 3.40. The highest BCUT2D eigenvalue weighted by atomic mass is 16.5. The van der Waals surface area contributed by atoms with Crippen LogP contribution in [0.5, 0.6) is 11.5 Å². The van der Waals surface area contributed by atoms with Crippen molar-refractivity contribution in [2.45, 2.75) is 6.92 Å². The Morgan fingerprint density at radius 2 is 1.77 bits per heavy atom. The van der Waals surface area contributed by atoms with Gasteiger partial charge in [0.1, 0.15) is 17.0 Å². The molecule has 0 aliphatic heterocycles. The summed E-state index contributed by atoms with van der Waals surface area (Å²) in [5, 5.41) is 3.26. The minimum Gasteiger partial charge on any atom is -0.497 e. The van der Waals surface area contributed by atoms with Gasteiger partial charge in [-0.1, -0.05) is 0 Å². The van der Waals surface area contributed by atoms with Crippen LogP contribution in [-0.4, -0.2) is 25.7 Å². The second-order valence-electron chi connectivity index (χ2n) is 4.83. The third-order valence-corrected chi connectivity index (χ3v) is 3.37. The predicted molar refractivity (Wildman–Crippen MR) is 86.7 cm³/mol. The molecule has 0 amide bonds. The zero-order valence-corrected chi connectivity index (χ0v) is 12.8. The number of nitrogens with one attached hydrogen (secondary N) is 1. The third-order valence-electron chi connectivity index (χ3n) is 3.37. The first-order valence-corrected chi connectivity index (χ1v) is 7.11. The molecular weight excluding hydrogens is 280 g/mol. The quantitative estimate of drug-likeness (QED) is 0.773. The Morgan fingerprint density at radius 1 is 1.05 bits per heavy atom. The van der Waals surface area contributed by atoms with Gasteiger partial charge in [-0.25, -0.2) is 4.98 Å². The molecule has 0 fully saturated rings. The molecule has 22 heavy (non-hydrogen) atoms. The van der Waals surface area contributed by atoms with Crippen LogP contribution >= 0.6 is 0 Å². The first kappa shape index (κ1) is 14.3. The molecule has 114 valence electrons. The van der Waals surface area contributed by atoms with Crippen LogP contribution in [0.15, 0.2) is 40.8 Å². The zero-order valence-electron chi connectivity index (χ0n) is 12.8. The number of anilines is 1. The highest BCUT2D eigenvalue weighted by Gasteiger charge is 2.11. The summed E-state index contributed by atoms with van der Waals surface area (Å²) >= 11 is 0. The van der Waals surface area contributed by atoms with Gasteiger partial charge >= 0.3 is 0 Å². The molecule has 0 saturated carbocycles. The molecular formula is C17H18N2O3. The van der Waals surface area contributed by atoms with E-state index < -0.39 is 0 Å². The Kier molecular flexibility index (Phi) is 3.87. The Balaban J connectivity index is 2.06. The molecule has 0 radical (unpaired) electrons. The lowest BCUT2D eigenvalue weighted by atomic mass is 10.2. The van der Waals surface area contributed by atoms with Crippen molar-refractivity contribution in [3.63, 3.8) is 0 Å². The molecule has 2 aromatic carbocycles. The van der Waals surface area contributed by atoms with E-state index in [1.807, 2.05) is 36.4 Å². The lowest BCUT2D eigenvalue weighted by Gasteiger charge is -2.05. The van der Waals surface area contributed by atoms with Gasteiger partial charge in [-0.2, -0.15) is 0 Å². The molecule has 0 spiro atoms. The first-order valence-electron chi connectivity index (χ1n) is 7.11. The number of rotatable bonds is 5. The summed E-state index contributed by atoms with van der Waals surface area (Å²) < 4.78 is 16.4. The number of benzene rings is 2. The Labute approximate surface area is 128 Å². The van der Waals surface area contributed by atoms with Gasteiger partial charge in [-0.05, 0) is 31.2 Å². The van der Waals surface area contributed by atoms with Crippen molar-refractivity contribution in [1.29, 1.82) is 0 Å². The van der Waals surface area contributed by atoms with E-state index in [2.05, 4.69) is 17.2 Å². The van der Waals surface area contributed by atoms with Gasteiger partial charge in [0.05, 0.1) is 14.2 Å². The Bertz CT molecular complexity index is 773. The van der Waals surface area contributed by atoms with Gasteiger partial charge < -0.3 is 19.2 Å². The molecule has 0 bridgehead atoms. The second kappa shape index (κ2) is 5.97. The van der Waals surface area contributed by atoms with E-state index in [1.165, 1.54) is 0 Å². The fraction of sp³-hybridized carbons (Fsp3) is 0.235. The molecule has 5 nitrogen and oxygen atoms in total. The zero-order chi connectivity index (χ0) is 15.5. The van der Waals surface area contributed by atoms with E-state index >= 15 is 0 Å². The number of nitrogens with zero attached hydrogens (tertiary/aromatic N) is 1. The van der Waals surface area contributed by atoms with Crippen molar-refractivity contribution in [3.05, 3.63) is 36.4 Å². The monoisotopic (exact) mass is 298 g/mol. The van der Waals surface area contributed by atoms with Crippen LogP contribution < -0.4 is 14.8 Å². The van der Waals surface area contributed by atoms with Gasteiger partial charge in [0.2, 0.25) is 5.89 Å². The van der Waals surface area contributed by atoms with E-state index in [0.717, 1.165) is 28.9 Å². The topological polar surface area (TPSA) is 56.5 Å². The third kappa shape index (κ3) is 2.70. The number of hydrogen-bond acceptors (Lipinski definition) is 5. The van der Waals surface area contributed by atoms with E-state index in [0.29, 0.717) is 17.4 Å². The molecule has 0 unspecified atom stereocenters. The van der Waals surface area contributed by atoms with Crippen molar-refractivity contribution in [2.24, 2.45) is 0 Å². The molecule has 0 aliphatic rings. The standard InChI is InChI=1S/C17H18N2O3/c1-4-18-12-5-6-15-16(9-12)22-17(19-15)11-7-13(20-2)10-14(8-11)21-3/h5-10,18H,4H2,1-3H3. The smallest absolute Gasteiger partial charge is 0.227 e. The Morgan fingerprint density at radius 3 is 2.41 bits per heavy atom. The normalized spacial score (nSPS) is 10.7. The molecule has 0 atom stereocenters. The average molecular weight is 298 g/mol. The van der Waals surface area contributed by atoms with Crippen LogP contribution in [0.25, 0.3) is 22.6 Å². The van der Waals surface area contributed by atoms with Crippen molar-refractivity contribution >= 4 is 16.8 Å². The highest BCUT2D eigenvalue weighted by molar-refractivity contribution is 5.80. The van der Waals surface area contributed by atoms with E-state index in [-0.39, 0.29) is 0 Å². The summed E-state index contributed by atoms with van der Waals surface area (Å²) in [7, 11) is 3.24. The van der Waals surface area contributed by atoms with Gasteiger partial charge in [0, 0.05) is 29.9 Å². The summed E-state index contributed by atoms with van der Waals surface area (Å²) in [6.45, 7) is 2.91. The maximum atomic E-state index is 5.88. The highest BCUT2D eigenvalue weighted by Crippen LogP contribution is 2.31. The molecule has 5 heteroatoms. The maximum Gasteiger partial charge on any atom is 0.227 e. The number of hydrogen-bond donors (Lipinski definition) is 1. The largest absolute Gasteiger partial charge is 0.497 e. The van der Waals surface area contributed by atoms with E-state index in [4.69, 9.17) is 13.9 Å². The predicted octanol–water partition coefficient (Wildman–Crippen LogP) is 3.94. The molecule has 3 aromatic rings. The molecule has 0 saturated heterocycles. The lowest BCUT2D eigenvalue weighted by Crippen LogP contribution is -1.95. The van der Waals surface area contributed by atoms with Crippen LogP contribution in [0.4, 0.5) is 5.69 Å². The number of ether oxygens (including phenoxy) is 2. The van der Waals surface area contributed by atoms with Crippen LogP contribution in [0.3, 0.4) is 0 Å². The van der Waals surface area contributed by atoms with E-state index in [1.54, 1.807) is 14.2 Å². The minimum absolute atomic E-state index is 0.542. The number of oxazole rings is 1. The fourth-order valence-corrected chi connectivity index (χ4v) is 2.29. The van der Waals surface area contributed by atoms with Gasteiger partial charge in [0.25, 0.3) is 0 Å². The molecule has 0 aliphatic carbocycles. The molecule has 1 N–H and O–H groups in total. The van der Waals surface area contributed by atoms with Crippen LogP contribution in [-0.2, 0) is 0 Å². The molecule has 1 heterocycles. The first-order chi connectivity index (χ1) is 10.7. The van der Waals surface area contributed by atoms with Crippen LogP contribution in [0.1, 0.15) is 6.92 Å². The van der Waals surface area contributed by atoms with Crippen molar-refractivity contribution in [3.8, 4) is 23.0 Å². The minimum atomic E-state index is 0.542. The van der Waals surface area contributed by atoms with Crippen molar-refractivity contribution < 1.29 is 13.9 Å². The summed E-state index contributed by atoms with van der Waals surface area (Å²) in [5.74, 6) is 1.94. The summed E-state index contributed by atoms with van der Waals surface area (Å²) in [4.78, 5) is 4.53. The fourth-order valence-electron chi connectivity index (χ4n) is 2.29. The van der Waals surface area contributed by atoms with Crippen LogP contribution in [0.2, 0.25) is 0 Å². The average Bonchev–Trinajstić information content (AvgIpc) is 2.98. The SMILES string of the molecule is CCNc1ccc2nc(-c3cc(OC)cc(OC)c3)oc2c1. The van der Waals surface area contributed by atoms with Crippen LogP contribution in [0, 0.1) is 0 Å². The molecule has 1 aromatic heterocycles. The van der Waals surface area contributed by atoms with Gasteiger partial charge in [-0.15, -0.1) is 0 Å². The van der Waals surface area contributed by atoms with Crippen molar-refractivity contribution in [2.75, 3.05) is 26.1 Å². The summed E-state index contributed by atoms with van der Waals surface area (Å²) in [6, 6.07) is 11.4. The second-order valence-corrected chi connectivity index (χ2v) is 4.83. The lowest BCUT2D eigenvalue weighted by molar-refractivity contribution is 0.394. The molecule has 3 rings (SSSR count). The van der Waals surface area contributed by atoms with Crippen molar-refractivity contribution in [1.82, 2.24) is 4.98 Å². The van der Waals surface area contributed by atoms with Gasteiger partial charge in [0.15, 0.2) is 5.58 Å². The van der Waals surface area contributed by atoms with Gasteiger partial charge in [-0.3, -0.25) is 0 Å². The number of methoxy groups -OCH3 is 2. The van der Waals surface area contributed by atoms with E-state index in [9.17, 15) is 0 Å². The Hall–Kier alpha value is -2.69. The number of fused-ring (bicyclic) bond motifs is 1.